The number of piperidine rings is 1. The summed E-state index contributed by atoms with van der Waals surface area (Å²) in [6.07, 6.45) is 4.90. The number of hydrogen-bond acceptors (Lipinski definition) is 7. The summed E-state index contributed by atoms with van der Waals surface area (Å²) in [5, 5.41) is 7.59. The average molecular weight is 589 g/mol. The van der Waals surface area contributed by atoms with Crippen molar-refractivity contribution in [3.8, 4) is 16.3 Å². The highest BCUT2D eigenvalue weighted by Gasteiger charge is 2.36. The van der Waals surface area contributed by atoms with Gasteiger partial charge in [-0.15, -0.1) is 0 Å². The highest BCUT2D eigenvalue weighted by molar-refractivity contribution is 7.16. The molecule has 4 heterocycles. The summed E-state index contributed by atoms with van der Waals surface area (Å²) >= 11 is 1.23. The molecular weight excluding hydrogens is 562 g/mol. The first-order valence-corrected chi connectivity index (χ1v) is 14.6. The maximum atomic E-state index is 14.3. The van der Waals surface area contributed by atoms with Crippen molar-refractivity contribution in [2.45, 2.75) is 58.0 Å². The summed E-state index contributed by atoms with van der Waals surface area (Å²) in [7, 11) is 0. The van der Waals surface area contributed by atoms with E-state index in [4.69, 9.17) is 9.51 Å². The van der Waals surface area contributed by atoms with Crippen molar-refractivity contribution < 1.29 is 22.9 Å². The van der Waals surface area contributed by atoms with Crippen LogP contribution in [-0.2, 0) is 4.79 Å². The van der Waals surface area contributed by atoms with Crippen molar-refractivity contribution in [1.82, 2.24) is 25.0 Å². The number of rotatable bonds is 6. The number of halogens is 2. The smallest absolute Gasteiger partial charge is 0.263 e. The second-order valence-electron chi connectivity index (χ2n) is 10.7. The number of anilines is 1. The lowest BCUT2D eigenvalue weighted by Gasteiger charge is -2.35. The van der Waals surface area contributed by atoms with E-state index < -0.39 is 17.7 Å². The van der Waals surface area contributed by atoms with Crippen LogP contribution in [0.25, 0.3) is 27.3 Å². The minimum Gasteiger partial charge on any atom is -0.361 e. The lowest BCUT2D eigenvalue weighted by Crippen LogP contribution is -2.39. The molecular formula is C30H26F2N6O3S. The molecule has 0 bridgehead atoms. The Labute approximate surface area is 243 Å². The third kappa shape index (κ3) is 4.55. The van der Waals surface area contributed by atoms with Crippen molar-refractivity contribution >= 4 is 39.9 Å². The van der Waals surface area contributed by atoms with Crippen molar-refractivity contribution in [2.24, 2.45) is 0 Å². The summed E-state index contributed by atoms with van der Waals surface area (Å²) < 4.78 is 35.4. The maximum absolute atomic E-state index is 14.3. The molecule has 5 aromatic rings. The Morgan fingerprint density at radius 1 is 1.10 bits per heavy atom. The summed E-state index contributed by atoms with van der Waals surface area (Å²) in [6, 6.07) is 8.89. The summed E-state index contributed by atoms with van der Waals surface area (Å²) in [5.74, 6) is -1.21. The summed E-state index contributed by atoms with van der Waals surface area (Å²) in [6.45, 7) is 3.72. The lowest BCUT2D eigenvalue weighted by atomic mass is 9.99. The molecule has 12 heteroatoms. The zero-order chi connectivity index (χ0) is 29.1. The summed E-state index contributed by atoms with van der Waals surface area (Å²) in [5.41, 5.74) is 4.12. The van der Waals surface area contributed by atoms with Crippen molar-refractivity contribution in [1.29, 1.82) is 0 Å². The fraction of sp³-hybridized carbons (Fsp3) is 0.300. The Morgan fingerprint density at radius 2 is 1.93 bits per heavy atom. The average Bonchev–Trinajstić information content (AvgIpc) is 3.35. The zero-order valence-electron chi connectivity index (χ0n) is 22.9. The molecule has 1 N–H and O–H groups in total. The van der Waals surface area contributed by atoms with E-state index in [1.165, 1.54) is 22.3 Å². The van der Waals surface area contributed by atoms with Crippen LogP contribution in [0.2, 0.25) is 0 Å². The minimum atomic E-state index is -1.03. The van der Waals surface area contributed by atoms with Crippen LogP contribution in [0.1, 0.15) is 65.1 Å². The van der Waals surface area contributed by atoms with E-state index in [1.807, 2.05) is 36.6 Å². The molecule has 7 rings (SSSR count). The fourth-order valence-electron chi connectivity index (χ4n) is 5.60. The molecule has 1 saturated carbocycles. The number of aromatic nitrogens is 4. The van der Waals surface area contributed by atoms with Gasteiger partial charge in [0.2, 0.25) is 5.91 Å². The monoisotopic (exact) mass is 588 g/mol. The van der Waals surface area contributed by atoms with Crippen LogP contribution in [-0.4, -0.2) is 37.5 Å². The molecule has 1 aliphatic carbocycles. The largest absolute Gasteiger partial charge is 0.361 e. The molecule has 2 aromatic carbocycles. The molecule has 214 valence electrons. The molecule has 0 unspecified atom stereocenters. The van der Waals surface area contributed by atoms with E-state index in [0.29, 0.717) is 40.0 Å². The number of carbonyl (C=O) groups excluding carboxylic acids is 2. The van der Waals surface area contributed by atoms with Crippen LogP contribution in [0.3, 0.4) is 0 Å². The minimum absolute atomic E-state index is 0.177. The number of nitrogens with one attached hydrogen (secondary N) is 1. The highest BCUT2D eigenvalue weighted by Crippen LogP contribution is 2.40. The van der Waals surface area contributed by atoms with Gasteiger partial charge in [0.05, 0.1) is 29.0 Å². The van der Waals surface area contributed by atoms with E-state index in [2.05, 4.69) is 15.5 Å². The standard InChI is InChI=1S/C30H26F2N6O3S/c1-15-27(16(2)41-36-15)17-6-11-23-22(12-17)35-28(38(23)30-33-14-25(42-30)29(40)34-18-7-8-18)24-4-3-5-26(39)37(24)19-9-10-20(31)21(32)13-19/h6,9-14,18,24H,3-5,7-8H2,1-2H3,(H,34,40)/t24-/m0/s1. The van der Waals surface area contributed by atoms with Crippen molar-refractivity contribution in [3.05, 3.63) is 76.4 Å². The molecule has 0 radical (unpaired) electrons. The fourth-order valence-corrected chi connectivity index (χ4v) is 6.45. The third-order valence-electron chi connectivity index (χ3n) is 7.75. The topological polar surface area (TPSA) is 106 Å². The number of fused-ring (bicyclic) bond motifs is 1. The number of aryl methyl sites for hydroxylation is 2. The zero-order valence-corrected chi connectivity index (χ0v) is 23.7. The first-order valence-electron chi connectivity index (χ1n) is 13.8. The molecule has 2 amide bonds. The van der Waals surface area contributed by atoms with E-state index >= 15 is 0 Å². The molecule has 2 aliphatic rings. The molecule has 1 atom stereocenters. The molecule has 42 heavy (non-hydrogen) atoms. The second kappa shape index (κ2) is 10.1. The van der Waals surface area contributed by atoms with Gasteiger partial charge in [-0.3, -0.25) is 14.2 Å². The SMILES string of the molecule is Cc1noc(C)c1-c1ccc2c(c1)nc([C@@H]1CCCC(=O)N1c1ccc(F)c(F)c1)n2-c1ncc(C(=O)NC2CC2)s1. The van der Waals surface area contributed by atoms with E-state index in [1.54, 1.807) is 6.20 Å². The number of imidazole rings is 1. The van der Waals surface area contributed by atoms with Gasteiger partial charge >= 0.3 is 0 Å². The number of carbonyl (C=O) groups is 2. The van der Waals surface area contributed by atoms with Crippen molar-refractivity contribution in [3.63, 3.8) is 0 Å². The van der Waals surface area contributed by atoms with Crippen LogP contribution >= 0.6 is 11.3 Å². The van der Waals surface area contributed by atoms with Gasteiger partial charge < -0.3 is 14.7 Å². The Kier molecular flexibility index (Phi) is 6.37. The number of benzene rings is 2. The van der Waals surface area contributed by atoms with Crippen LogP contribution < -0.4 is 10.2 Å². The van der Waals surface area contributed by atoms with Crippen LogP contribution in [0.15, 0.2) is 47.1 Å². The Balaban J connectivity index is 1.39. The quantitative estimate of drug-likeness (QED) is 0.254. The molecule has 9 nitrogen and oxygen atoms in total. The lowest BCUT2D eigenvalue weighted by molar-refractivity contribution is -0.120. The van der Waals surface area contributed by atoms with Gasteiger partial charge in [-0.05, 0) is 69.4 Å². The van der Waals surface area contributed by atoms with Crippen LogP contribution in [0.5, 0.6) is 0 Å². The maximum Gasteiger partial charge on any atom is 0.263 e. The third-order valence-corrected chi connectivity index (χ3v) is 8.73. The van der Waals surface area contributed by atoms with Gasteiger partial charge in [-0.1, -0.05) is 22.6 Å². The predicted octanol–water partition coefficient (Wildman–Crippen LogP) is 6.18. The number of amides is 2. The van der Waals surface area contributed by atoms with Gasteiger partial charge in [-0.25, -0.2) is 18.7 Å². The molecule has 2 fully saturated rings. The Hall–Kier alpha value is -4.45. The predicted molar refractivity (Wildman–Crippen MR) is 153 cm³/mol. The molecule has 0 spiro atoms. The first kappa shape index (κ1) is 26.4. The summed E-state index contributed by atoms with van der Waals surface area (Å²) in [4.78, 5) is 37.7. The molecule has 1 aliphatic heterocycles. The Morgan fingerprint density at radius 3 is 2.67 bits per heavy atom. The number of nitrogens with zero attached hydrogens (tertiary/aromatic N) is 5. The molecule has 3 aromatic heterocycles. The van der Waals surface area contributed by atoms with Gasteiger partial charge in [0.25, 0.3) is 5.91 Å². The van der Waals surface area contributed by atoms with Gasteiger partial charge in [0.15, 0.2) is 16.8 Å². The van der Waals surface area contributed by atoms with E-state index in [9.17, 15) is 18.4 Å². The van der Waals surface area contributed by atoms with Crippen LogP contribution in [0.4, 0.5) is 14.5 Å². The molecule has 1 saturated heterocycles. The van der Waals surface area contributed by atoms with E-state index in [-0.39, 0.29) is 30.0 Å². The number of thiazole rings is 1. The van der Waals surface area contributed by atoms with Crippen molar-refractivity contribution in [2.75, 3.05) is 4.90 Å². The first-order chi connectivity index (χ1) is 20.3. The van der Waals surface area contributed by atoms with Gasteiger partial charge in [0, 0.05) is 29.8 Å². The van der Waals surface area contributed by atoms with Gasteiger partial charge in [-0.2, -0.15) is 0 Å². The number of hydrogen-bond donors (Lipinski definition) is 1. The highest BCUT2D eigenvalue weighted by atomic mass is 32.1. The normalized spacial score (nSPS) is 17.3. The second-order valence-corrected chi connectivity index (χ2v) is 11.7. The van der Waals surface area contributed by atoms with Gasteiger partial charge in [0.1, 0.15) is 16.5 Å². The van der Waals surface area contributed by atoms with Crippen LogP contribution in [0, 0.1) is 25.5 Å². The Bertz CT molecular complexity index is 1850. The van der Waals surface area contributed by atoms with E-state index in [0.717, 1.165) is 47.3 Å².